The third kappa shape index (κ3) is 3.57. The van der Waals surface area contributed by atoms with Crippen molar-refractivity contribution < 1.29 is 9.53 Å². The van der Waals surface area contributed by atoms with E-state index in [0.29, 0.717) is 19.6 Å². The lowest BCUT2D eigenvalue weighted by molar-refractivity contribution is -0.170. The second-order valence-corrected chi connectivity index (χ2v) is 6.82. The Morgan fingerprint density at radius 1 is 1.55 bits per heavy atom. The van der Waals surface area contributed by atoms with Gasteiger partial charge in [0.2, 0.25) is 5.91 Å². The van der Waals surface area contributed by atoms with E-state index in [9.17, 15) is 4.79 Å². The number of halogens is 2. The summed E-state index contributed by atoms with van der Waals surface area (Å²) in [7, 11) is 0. The van der Waals surface area contributed by atoms with Crippen molar-refractivity contribution in [1.82, 2.24) is 10.3 Å². The standard InChI is InChI=1S/C14H23N3O2S.2ClH/c1-5-19-11-6-14(15,13(11,3)4)12(18)16-7-10-9(2)17-8-20-10;;/h8,11H,5-7,15H2,1-4H3,(H,16,18);2*1H. The quantitative estimate of drug-likeness (QED) is 0.835. The van der Waals surface area contributed by atoms with E-state index in [0.717, 1.165) is 10.6 Å². The van der Waals surface area contributed by atoms with Gasteiger partial charge in [0.15, 0.2) is 0 Å². The fourth-order valence-corrected chi connectivity index (χ4v) is 3.35. The van der Waals surface area contributed by atoms with Crippen LogP contribution < -0.4 is 11.1 Å². The summed E-state index contributed by atoms with van der Waals surface area (Å²) in [6.07, 6.45) is 0.620. The maximum Gasteiger partial charge on any atom is 0.241 e. The molecule has 1 saturated carbocycles. The molecule has 0 aliphatic heterocycles. The van der Waals surface area contributed by atoms with Crippen LogP contribution in [0.15, 0.2) is 5.51 Å². The van der Waals surface area contributed by atoms with Gasteiger partial charge in [-0.15, -0.1) is 36.2 Å². The number of aromatic nitrogens is 1. The number of amides is 1. The predicted molar refractivity (Wildman–Crippen MR) is 93.9 cm³/mol. The highest BCUT2D eigenvalue weighted by atomic mass is 35.5. The molecule has 1 aromatic rings. The number of ether oxygens (including phenoxy) is 1. The first-order valence-corrected chi connectivity index (χ1v) is 7.78. The minimum atomic E-state index is -0.856. The van der Waals surface area contributed by atoms with Gasteiger partial charge in [0.1, 0.15) is 5.54 Å². The van der Waals surface area contributed by atoms with Gasteiger partial charge >= 0.3 is 0 Å². The molecule has 3 N–H and O–H groups in total. The molecule has 1 aromatic heterocycles. The van der Waals surface area contributed by atoms with Crippen LogP contribution in [0.5, 0.6) is 0 Å². The van der Waals surface area contributed by atoms with Crippen LogP contribution in [0.1, 0.15) is 37.8 Å². The van der Waals surface area contributed by atoms with Gasteiger partial charge in [-0.1, -0.05) is 13.8 Å². The molecule has 1 aliphatic rings. The molecular formula is C14H25Cl2N3O2S. The Labute approximate surface area is 148 Å². The van der Waals surface area contributed by atoms with Gasteiger partial charge in [0.25, 0.3) is 0 Å². The Bertz CT molecular complexity index is 510. The van der Waals surface area contributed by atoms with Gasteiger partial charge in [-0.25, -0.2) is 4.98 Å². The molecule has 1 heterocycles. The number of hydrogen-bond donors (Lipinski definition) is 2. The fraction of sp³-hybridized carbons (Fsp3) is 0.714. The van der Waals surface area contributed by atoms with Crippen LogP contribution in [0, 0.1) is 12.3 Å². The van der Waals surface area contributed by atoms with Crippen molar-refractivity contribution in [2.45, 2.75) is 52.3 Å². The number of nitrogens with two attached hydrogens (primary N) is 1. The lowest BCUT2D eigenvalue weighted by Crippen LogP contribution is -2.75. The van der Waals surface area contributed by atoms with Crippen molar-refractivity contribution in [2.75, 3.05) is 6.61 Å². The third-order valence-corrected chi connectivity index (χ3v) is 5.42. The summed E-state index contributed by atoms with van der Waals surface area (Å²) in [6.45, 7) is 9.02. The summed E-state index contributed by atoms with van der Waals surface area (Å²) < 4.78 is 5.64. The van der Waals surface area contributed by atoms with Crippen molar-refractivity contribution in [3.63, 3.8) is 0 Å². The zero-order valence-electron chi connectivity index (χ0n) is 13.3. The van der Waals surface area contributed by atoms with Crippen LogP contribution in [-0.2, 0) is 16.1 Å². The van der Waals surface area contributed by atoms with Gasteiger partial charge < -0.3 is 15.8 Å². The molecular weight excluding hydrogens is 345 g/mol. The van der Waals surface area contributed by atoms with E-state index in [1.54, 1.807) is 16.8 Å². The number of nitrogens with one attached hydrogen (secondary N) is 1. The third-order valence-electron chi connectivity index (χ3n) is 4.49. The molecule has 22 heavy (non-hydrogen) atoms. The van der Waals surface area contributed by atoms with E-state index < -0.39 is 5.54 Å². The maximum absolute atomic E-state index is 12.4. The van der Waals surface area contributed by atoms with Crippen molar-refractivity contribution in [2.24, 2.45) is 11.1 Å². The summed E-state index contributed by atoms with van der Waals surface area (Å²) in [5.74, 6) is -0.105. The minimum Gasteiger partial charge on any atom is -0.378 e. The lowest BCUT2D eigenvalue weighted by Gasteiger charge is -2.57. The molecule has 1 aliphatic carbocycles. The number of hydrogen-bond acceptors (Lipinski definition) is 5. The van der Waals surface area contributed by atoms with Gasteiger partial charge in [-0.2, -0.15) is 0 Å². The van der Waals surface area contributed by atoms with Crippen molar-refractivity contribution in [3.8, 4) is 0 Å². The summed E-state index contributed by atoms with van der Waals surface area (Å²) in [5.41, 5.74) is 7.86. The molecule has 5 nitrogen and oxygen atoms in total. The van der Waals surface area contributed by atoms with Crippen LogP contribution in [-0.4, -0.2) is 29.1 Å². The molecule has 0 saturated heterocycles. The number of aryl methyl sites for hydroxylation is 1. The first-order chi connectivity index (χ1) is 9.33. The van der Waals surface area contributed by atoms with Crippen LogP contribution in [0.4, 0.5) is 0 Å². The van der Waals surface area contributed by atoms with Crippen molar-refractivity contribution in [1.29, 1.82) is 0 Å². The summed E-state index contributed by atoms with van der Waals surface area (Å²) in [5, 5.41) is 2.94. The lowest BCUT2D eigenvalue weighted by atomic mass is 9.54. The Balaban J connectivity index is 0.00000220. The van der Waals surface area contributed by atoms with E-state index in [4.69, 9.17) is 10.5 Å². The Hall–Kier alpha value is -0.400. The molecule has 128 valence electrons. The van der Waals surface area contributed by atoms with Gasteiger partial charge in [-0.3, -0.25) is 4.79 Å². The molecule has 8 heteroatoms. The molecule has 0 bridgehead atoms. The summed E-state index contributed by atoms with van der Waals surface area (Å²) >= 11 is 1.55. The zero-order chi connectivity index (χ0) is 15.0. The Morgan fingerprint density at radius 3 is 2.64 bits per heavy atom. The molecule has 2 unspecified atom stereocenters. The first-order valence-electron chi connectivity index (χ1n) is 6.90. The highest BCUT2D eigenvalue weighted by Crippen LogP contribution is 2.49. The van der Waals surface area contributed by atoms with E-state index in [-0.39, 0.29) is 42.2 Å². The van der Waals surface area contributed by atoms with E-state index in [1.165, 1.54) is 0 Å². The molecule has 0 aromatic carbocycles. The number of nitrogens with zero attached hydrogens (tertiary/aromatic N) is 1. The zero-order valence-corrected chi connectivity index (χ0v) is 15.8. The topological polar surface area (TPSA) is 77.2 Å². The van der Waals surface area contributed by atoms with Crippen LogP contribution in [0.3, 0.4) is 0 Å². The van der Waals surface area contributed by atoms with E-state index in [1.807, 2.05) is 27.7 Å². The molecule has 1 amide bonds. The van der Waals surface area contributed by atoms with Crippen molar-refractivity contribution >= 4 is 42.1 Å². The summed E-state index contributed by atoms with van der Waals surface area (Å²) in [4.78, 5) is 17.7. The molecule has 0 radical (unpaired) electrons. The van der Waals surface area contributed by atoms with Crippen molar-refractivity contribution in [3.05, 3.63) is 16.1 Å². The monoisotopic (exact) mass is 369 g/mol. The molecule has 1 fully saturated rings. The number of carbonyl (C=O) groups excluding carboxylic acids is 1. The molecule has 2 atom stereocenters. The minimum absolute atomic E-state index is 0. The fourth-order valence-electron chi connectivity index (χ4n) is 2.63. The SMILES string of the molecule is CCOC1CC(N)(C(=O)NCc2scnc2C)C1(C)C.Cl.Cl. The van der Waals surface area contributed by atoms with Gasteiger partial charge in [0, 0.05) is 23.3 Å². The first kappa shape index (κ1) is 21.6. The van der Waals surface area contributed by atoms with Crippen LogP contribution >= 0.6 is 36.2 Å². The number of thiazole rings is 1. The Kier molecular flexibility index (Phi) is 7.78. The van der Waals surface area contributed by atoms with Crippen LogP contribution in [0.2, 0.25) is 0 Å². The molecule has 0 spiro atoms. The second kappa shape index (κ2) is 7.93. The van der Waals surface area contributed by atoms with Gasteiger partial charge in [-0.05, 0) is 13.8 Å². The molecule has 2 rings (SSSR count). The van der Waals surface area contributed by atoms with E-state index in [2.05, 4.69) is 10.3 Å². The average Bonchev–Trinajstić information content (AvgIpc) is 2.81. The number of rotatable bonds is 5. The normalized spacial score (nSPS) is 25.4. The largest absolute Gasteiger partial charge is 0.378 e. The highest BCUT2D eigenvalue weighted by Gasteiger charge is 2.62. The number of carbonyl (C=O) groups is 1. The van der Waals surface area contributed by atoms with E-state index >= 15 is 0 Å². The highest BCUT2D eigenvalue weighted by molar-refractivity contribution is 7.09. The van der Waals surface area contributed by atoms with Crippen LogP contribution in [0.25, 0.3) is 0 Å². The average molecular weight is 370 g/mol. The van der Waals surface area contributed by atoms with Gasteiger partial charge in [0.05, 0.1) is 23.9 Å². The maximum atomic E-state index is 12.4. The Morgan fingerprint density at radius 2 is 2.18 bits per heavy atom. The predicted octanol–water partition coefficient (Wildman–Crippen LogP) is 2.44. The summed E-state index contributed by atoms with van der Waals surface area (Å²) in [6, 6.07) is 0. The second-order valence-electron chi connectivity index (χ2n) is 5.88. The smallest absolute Gasteiger partial charge is 0.241 e.